The van der Waals surface area contributed by atoms with E-state index in [1.165, 1.54) is 10.6 Å². The van der Waals surface area contributed by atoms with Gasteiger partial charge in [-0.15, -0.1) is 11.3 Å². The van der Waals surface area contributed by atoms with Crippen LogP contribution in [0.2, 0.25) is 5.02 Å². The summed E-state index contributed by atoms with van der Waals surface area (Å²) in [6, 6.07) is 11.7. The summed E-state index contributed by atoms with van der Waals surface area (Å²) >= 11 is 7.13. The number of thiophene rings is 1. The molecule has 1 aliphatic heterocycles. The second kappa shape index (κ2) is 7.79. The molecule has 3 heterocycles. The summed E-state index contributed by atoms with van der Waals surface area (Å²) in [5, 5.41) is 4.33. The van der Waals surface area contributed by atoms with Crippen molar-refractivity contribution >= 4 is 38.7 Å². The highest BCUT2D eigenvalue weighted by molar-refractivity contribution is 7.91. The monoisotopic (exact) mass is 436 g/mol. The zero-order valence-corrected chi connectivity index (χ0v) is 17.1. The lowest BCUT2D eigenvalue weighted by molar-refractivity contribution is 0.0872. The van der Waals surface area contributed by atoms with Crippen LogP contribution in [-0.2, 0) is 10.0 Å². The topological polar surface area (TPSA) is 80.5 Å². The Balaban J connectivity index is 1.54. The van der Waals surface area contributed by atoms with E-state index in [2.05, 4.69) is 5.16 Å². The van der Waals surface area contributed by atoms with Crippen molar-refractivity contribution in [1.29, 1.82) is 0 Å². The van der Waals surface area contributed by atoms with Gasteiger partial charge < -0.3 is 4.52 Å². The molecule has 6 nitrogen and oxygen atoms in total. The van der Waals surface area contributed by atoms with Gasteiger partial charge in [-0.3, -0.25) is 4.79 Å². The molecule has 9 heteroatoms. The molecule has 0 aliphatic carbocycles. The zero-order chi connectivity index (χ0) is 19.7. The van der Waals surface area contributed by atoms with E-state index in [0.29, 0.717) is 35.7 Å². The van der Waals surface area contributed by atoms with Crippen molar-refractivity contribution in [2.45, 2.75) is 17.1 Å². The summed E-state index contributed by atoms with van der Waals surface area (Å²) < 4.78 is 32.6. The number of benzene rings is 1. The van der Waals surface area contributed by atoms with Crippen LogP contribution in [0.15, 0.2) is 57.5 Å². The average molecular weight is 437 g/mol. The van der Waals surface area contributed by atoms with Crippen LogP contribution in [0.25, 0.3) is 10.6 Å². The fourth-order valence-electron chi connectivity index (χ4n) is 3.32. The van der Waals surface area contributed by atoms with Gasteiger partial charge in [-0.2, -0.15) is 4.31 Å². The smallest absolute Gasteiger partial charge is 0.252 e. The molecular weight excluding hydrogens is 420 g/mol. The first kappa shape index (κ1) is 19.3. The van der Waals surface area contributed by atoms with Gasteiger partial charge >= 0.3 is 0 Å². The maximum Gasteiger partial charge on any atom is 0.252 e. The van der Waals surface area contributed by atoms with Crippen molar-refractivity contribution in [3.63, 3.8) is 0 Å². The van der Waals surface area contributed by atoms with Crippen LogP contribution < -0.4 is 0 Å². The number of hydrogen-bond acceptors (Lipinski definition) is 6. The summed E-state index contributed by atoms with van der Waals surface area (Å²) in [6.07, 6.45) is 2.74. The second-order valence-electron chi connectivity index (χ2n) is 6.58. The molecule has 0 N–H and O–H groups in total. The molecule has 1 aromatic carbocycles. The highest BCUT2D eigenvalue weighted by Crippen LogP contribution is 2.33. The van der Waals surface area contributed by atoms with E-state index in [0.717, 1.165) is 16.2 Å². The third kappa shape index (κ3) is 3.77. The van der Waals surface area contributed by atoms with Gasteiger partial charge in [-0.1, -0.05) is 28.9 Å². The van der Waals surface area contributed by atoms with Crippen LogP contribution in [0.4, 0.5) is 0 Å². The van der Waals surface area contributed by atoms with Gasteiger partial charge in [0.1, 0.15) is 16.2 Å². The van der Waals surface area contributed by atoms with E-state index in [-0.39, 0.29) is 22.5 Å². The summed E-state index contributed by atoms with van der Waals surface area (Å²) in [7, 11) is -3.67. The molecule has 4 rings (SSSR count). The molecule has 28 heavy (non-hydrogen) atoms. The number of piperidine rings is 1. The van der Waals surface area contributed by atoms with Gasteiger partial charge in [0.25, 0.3) is 10.0 Å². The lowest BCUT2D eigenvalue weighted by Gasteiger charge is -2.30. The molecule has 1 fully saturated rings. The third-order valence-electron chi connectivity index (χ3n) is 4.73. The fraction of sp³-hybridized carbons (Fsp3) is 0.263. The van der Waals surface area contributed by atoms with E-state index in [4.69, 9.17) is 16.1 Å². The molecule has 0 saturated carbocycles. The Hall–Kier alpha value is -2.00. The molecule has 3 aromatic rings. The van der Waals surface area contributed by atoms with E-state index >= 15 is 0 Å². The van der Waals surface area contributed by atoms with Crippen molar-refractivity contribution in [2.24, 2.45) is 5.92 Å². The normalized spacial score (nSPS) is 18.2. The Labute approximate surface area is 171 Å². The number of carbonyl (C=O) groups is 1. The van der Waals surface area contributed by atoms with Crippen LogP contribution in [0.3, 0.4) is 0 Å². The van der Waals surface area contributed by atoms with Crippen molar-refractivity contribution in [3.8, 4) is 10.6 Å². The van der Waals surface area contributed by atoms with Crippen molar-refractivity contribution in [2.75, 3.05) is 13.1 Å². The Kier molecular flexibility index (Phi) is 5.37. The second-order valence-corrected chi connectivity index (χ2v) is 10.3. The van der Waals surface area contributed by atoms with Gasteiger partial charge in [0.15, 0.2) is 5.78 Å². The molecule has 0 amide bonds. The third-order valence-corrected chi connectivity index (χ3v) is 8.41. The lowest BCUT2D eigenvalue weighted by Crippen LogP contribution is -2.42. The van der Waals surface area contributed by atoms with Crippen LogP contribution >= 0.6 is 22.9 Å². The predicted octanol–water partition coefficient (Wildman–Crippen LogP) is 4.34. The van der Waals surface area contributed by atoms with Gasteiger partial charge in [-0.05, 0) is 37.1 Å². The van der Waals surface area contributed by atoms with E-state index in [9.17, 15) is 13.2 Å². The maximum absolute atomic E-state index is 13.1. The average Bonchev–Trinajstić information content (AvgIpc) is 3.39. The number of carbonyl (C=O) groups excluding carboxylic acids is 1. The SMILES string of the molecule is O=C(c1cccc(Cl)c1)[C@@H]1CCCN(S(=O)(=O)c2ccc(-c3ccon3)s2)C1. The molecule has 146 valence electrons. The largest absolute Gasteiger partial charge is 0.364 e. The maximum atomic E-state index is 13.1. The van der Waals surface area contributed by atoms with Gasteiger partial charge in [0, 0.05) is 35.7 Å². The van der Waals surface area contributed by atoms with Crippen LogP contribution in [-0.4, -0.2) is 36.8 Å². The summed E-state index contributed by atoms with van der Waals surface area (Å²) in [5.74, 6) is -0.450. The predicted molar refractivity (Wildman–Crippen MR) is 107 cm³/mol. The number of nitrogens with zero attached hydrogens (tertiary/aromatic N) is 2. The number of aromatic nitrogens is 1. The first-order valence-electron chi connectivity index (χ1n) is 8.75. The number of sulfonamides is 1. The number of halogens is 1. The van der Waals surface area contributed by atoms with Crippen LogP contribution in [0.5, 0.6) is 0 Å². The summed E-state index contributed by atoms with van der Waals surface area (Å²) in [6.45, 7) is 0.573. The Morgan fingerprint density at radius 3 is 2.86 bits per heavy atom. The molecule has 0 bridgehead atoms. The van der Waals surface area contributed by atoms with Crippen molar-refractivity contribution in [3.05, 3.63) is 59.3 Å². The minimum absolute atomic E-state index is 0.0723. The number of ketones is 1. The lowest BCUT2D eigenvalue weighted by atomic mass is 9.91. The molecular formula is C19H17ClN2O4S2. The standard InChI is InChI=1S/C19H17ClN2O4S2/c20-15-5-1-3-13(11-15)19(23)14-4-2-9-22(12-14)28(24,25)18-7-6-17(27-18)16-8-10-26-21-16/h1,3,5-8,10-11,14H,2,4,9,12H2/t14-/m1/s1. The first-order valence-corrected chi connectivity index (χ1v) is 11.4. The molecule has 1 atom stereocenters. The highest BCUT2D eigenvalue weighted by atomic mass is 35.5. The van der Waals surface area contributed by atoms with Crippen LogP contribution in [0.1, 0.15) is 23.2 Å². The summed E-state index contributed by atoms with van der Waals surface area (Å²) in [4.78, 5) is 13.5. The fourth-order valence-corrected chi connectivity index (χ4v) is 6.45. The van der Waals surface area contributed by atoms with E-state index in [1.807, 2.05) is 0 Å². The number of Topliss-reactive ketones (excluding diaryl/α,β-unsaturated/α-hetero) is 1. The molecule has 0 unspecified atom stereocenters. The van der Waals surface area contributed by atoms with Gasteiger partial charge in [-0.25, -0.2) is 8.42 Å². The molecule has 2 aromatic heterocycles. The Morgan fingerprint density at radius 2 is 2.11 bits per heavy atom. The minimum atomic E-state index is -3.67. The molecule has 1 saturated heterocycles. The van der Waals surface area contributed by atoms with E-state index < -0.39 is 10.0 Å². The molecule has 0 spiro atoms. The number of rotatable bonds is 5. The number of hydrogen-bond donors (Lipinski definition) is 0. The Morgan fingerprint density at radius 1 is 1.25 bits per heavy atom. The zero-order valence-electron chi connectivity index (χ0n) is 14.7. The van der Waals surface area contributed by atoms with Gasteiger partial charge in [0.2, 0.25) is 0 Å². The van der Waals surface area contributed by atoms with E-state index in [1.54, 1.807) is 42.5 Å². The Bertz CT molecular complexity index is 1090. The molecule has 1 aliphatic rings. The van der Waals surface area contributed by atoms with Crippen molar-refractivity contribution < 1.29 is 17.7 Å². The van der Waals surface area contributed by atoms with Crippen molar-refractivity contribution in [1.82, 2.24) is 9.46 Å². The first-order chi connectivity index (χ1) is 13.4. The van der Waals surface area contributed by atoms with Crippen LogP contribution in [0, 0.1) is 5.92 Å². The molecule has 0 radical (unpaired) electrons. The summed E-state index contributed by atoms with van der Waals surface area (Å²) in [5.41, 5.74) is 1.11. The highest BCUT2D eigenvalue weighted by Gasteiger charge is 2.34. The minimum Gasteiger partial charge on any atom is -0.364 e. The quantitative estimate of drug-likeness (QED) is 0.556. The van der Waals surface area contributed by atoms with Gasteiger partial charge in [0.05, 0.1) is 4.88 Å².